The predicted molar refractivity (Wildman–Crippen MR) is 82.0 cm³/mol. The summed E-state index contributed by atoms with van der Waals surface area (Å²) < 4.78 is 0. The summed E-state index contributed by atoms with van der Waals surface area (Å²) in [5.74, 6) is 0.973. The van der Waals surface area contributed by atoms with Gasteiger partial charge >= 0.3 is 0 Å². The fourth-order valence-corrected chi connectivity index (χ4v) is 2.57. The summed E-state index contributed by atoms with van der Waals surface area (Å²) in [6.07, 6.45) is 1.56. The molecule has 0 atom stereocenters. The van der Waals surface area contributed by atoms with Crippen molar-refractivity contribution in [2.45, 2.75) is 0 Å². The fourth-order valence-electron chi connectivity index (χ4n) is 1.77. The molecular formula is C13H12N6OS. The van der Waals surface area contributed by atoms with Gasteiger partial charge in [0.05, 0.1) is 11.4 Å². The van der Waals surface area contributed by atoms with Crippen LogP contribution < -0.4 is 11.1 Å². The van der Waals surface area contributed by atoms with Crippen LogP contribution in [0, 0.1) is 0 Å². The van der Waals surface area contributed by atoms with E-state index in [1.807, 2.05) is 5.38 Å². The number of anilines is 2. The van der Waals surface area contributed by atoms with Crippen molar-refractivity contribution in [2.75, 3.05) is 18.1 Å². The second-order valence-corrected chi connectivity index (χ2v) is 5.01. The molecule has 3 aromatic heterocycles. The molecule has 0 aliphatic carbocycles. The highest BCUT2D eigenvalue weighted by Crippen LogP contribution is 2.32. The monoisotopic (exact) mass is 300 g/mol. The summed E-state index contributed by atoms with van der Waals surface area (Å²) in [5, 5.41) is 15.4. The highest BCUT2D eigenvalue weighted by molar-refractivity contribution is 7.13. The van der Waals surface area contributed by atoms with Gasteiger partial charge in [0.1, 0.15) is 22.3 Å². The third-order valence-electron chi connectivity index (χ3n) is 2.77. The molecule has 0 unspecified atom stereocenters. The molecule has 0 saturated heterocycles. The van der Waals surface area contributed by atoms with E-state index in [4.69, 9.17) is 5.73 Å². The predicted octanol–water partition coefficient (Wildman–Crippen LogP) is 1.99. The van der Waals surface area contributed by atoms with Crippen molar-refractivity contribution in [3.05, 3.63) is 29.8 Å². The summed E-state index contributed by atoms with van der Waals surface area (Å²) in [4.78, 5) is 16.7. The minimum Gasteiger partial charge on any atom is -0.506 e. The number of hydrogen-bond acceptors (Lipinski definition) is 8. The maximum atomic E-state index is 10.00. The number of rotatable bonds is 3. The van der Waals surface area contributed by atoms with Crippen LogP contribution in [0.4, 0.5) is 11.8 Å². The zero-order valence-corrected chi connectivity index (χ0v) is 11.9. The Labute approximate surface area is 124 Å². The first-order valence-corrected chi connectivity index (χ1v) is 6.98. The van der Waals surface area contributed by atoms with E-state index in [0.717, 1.165) is 5.82 Å². The van der Waals surface area contributed by atoms with Crippen molar-refractivity contribution in [3.8, 4) is 27.8 Å². The standard InChI is InChI=1S/C13H12N6OS/c1-15-10-6-21-12(19-10)11-9(20)3-2-7(17-11)8-4-5-16-13(14)18-8/h2-6,15,20H,1H3,(H2,14,16,18). The third-order valence-corrected chi connectivity index (χ3v) is 3.62. The molecule has 21 heavy (non-hydrogen) atoms. The lowest BCUT2D eigenvalue weighted by atomic mass is 10.2. The zero-order valence-electron chi connectivity index (χ0n) is 11.1. The van der Waals surface area contributed by atoms with Crippen LogP contribution in [0.5, 0.6) is 5.75 Å². The lowest BCUT2D eigenvalue weighted by molar-refractivity contribution is 0.475. The Morgan fingerprint density at radius 1 is 1.14 bits per heavy atom. The van der Waals surface area contributed by atoms with Crippen LogP contribution >= 0.6 is 11.3 Å². The smallest absolute Gasteiger partial charge is 0.220 e. The number of aromatic nitrogens is 4. The second kappa shape index (κ2) is 5.33. The molecule has 0 saturated carbocycles. The molecule has 0 spiro atoms. The van der Waals surface area contributed by atoms with E-state index < -0.39 is 0 Å². The molecule has 0 bridgehead atoms. The van der Waals surface area contributed by atoms with Crippen LogP contribution in [0.3, 0.4) is 0 Å². The van der Waals surface area contributed by atoms with Gasteiger partial charge in [-0.1, -0.05) is 0 Å². The van der Waals surface area contributed by atoms with Crippen molar-refractivity contribution in [1.82, 2.24) is 19.9 Å². The molecule has 8 heteroatoms. The Kier molecular flexibility index (Phi) is 3.36. The van der Waals surface area contributed by atoms with Gasteiger partial charge in [-0.2, -0.15) is 0 Å². The molecule has 0 aliphatic rings. The molecule has 7 nitrogen and oxygen atoms in total. The topological polar surface area (TPSA) is 110 Å². The fraction of sp³-hybridized carbons (Fsp3) is 0.0769. The van der Waals surface area contributed by atoms with Gasteiger partial charge in [-0.05, 0) is 18.2 Å². The lowest BCUT2D eigenvalue weighted by Gasteiger charge is -2.05. The molecule has 3 heterocycles. The van der Waals surface area contributed by atoms with Crippen LogP contribution in [0.2, 0.25) is 0 Å². The van der Waals surface area contributed by atoms with Gasteiger partial charge < -0.3 is 16.2 Å². The van der Waals surface area contributed by atoms with Crippen LogP contribution in [-0.4, -0.2) is 32.1 Å². The van der Waals surface area contributed by atoms with E-state index in [2.05, 4.69) is 25.3 Å². The Bertz CT molecular complexity index is 788. The van der Waals surface area contributed by atoms with Crippen LogP contribution in [0.1, 0.15) is 0 Å². The van der Waals surface area contributed by atoms with Gasteiger partial charge in [-0.25, -0.2) is 19.9 Å². The van der Waals surface area contributed by atoms with Crippen molar-refractivity contribution < 1.29 is 5.11 Å². The normalized spacial score (nSPS) is 10.5. The maximum absolute atomic E-state index is 10.00. The lowest BCUT2D eigenvalue weighted by Crippen LogP contribution is -1.97. The van der Waals surface area contributed by atoms with Gasteiger partial charge in [-0.3, -0.25) is 0 Å². The number of nitrogen functional groups attached to an aromatic ring is 1. The molecule has 0 aromatic carbocycles. The molecule has 0 fully saturated rings. The van der Waals surface area contributed by atoms with Crippen LogP contribution in [-0.2, 0) is 0 Å². The van der Waals surface area contributed by atoms with E-state index in [-0.39, 0.29) is 11.7 Å². The van der Waals surface area contributed by atoms with Crippen LogP contribution in [0.25, 0.3) is 22.1 Å². The largest absolute Gasteiger partial charge is 0.506 e. The average Bonchev–Trinajstić information content (AvgIpc) is 2.96. The molecule has 0 radical (unpaired) electrons. The zero-order chi connectivity index (χ0) is 14.8. The third kappa shape index (κ3) is 2.61. The van der Waals surface area contributed by atoms with Gasteiger partial charge in [0.2, 0.25) is 5.95 Å². The molecule has 3 aromatic rings. The Morgan fingerprint density at radius 2 is 1.95 bits per heavy atom. The molecule has 3 rings (SSSR count). The summed E-state index contributed by atoms with van der Waals surface area (Å²) in [6.45, 7) is 0. The number of pyridine rings is 1. The molecule has 0 amide bonds. The van der Waals surface area contributed by atoms with Crippen molar-refractivity contribution in [3.63, 3.8) is 0 Å². The van der Waals surface area contributed by atoms with Crippen molar-refractivity contribution in [1.29, 1.82) is 0 Å². The highest BCUT2D eigenvalue weighted by Gasteiger charge is 2.13. The number of thiazole rings is 1. The number of nitrogens with two attached hydrogens (primary N) is 1. The molecular weight excluding hydrogens is 288 g/mol. The quantitative estimate of drug-likeness (QED) is 0.678. The first-order chi connectivity index (χ1) is 10.2. The molecule has 106 valence electrons. The number of hydrogen-bond donors (Lipinski definition) is 3. The van der Waals surface area contributed by atoms with Gasteiger partial charge in [0.25, 0.3) is 0 Å². The highest BCUT2D eigenvalue weighted by atomic mass is 32.1. The Morgan fingerprint density at radius 3 is 2.67 bits per heavy atom. The summed E-state index contributed by atoms with van der Waals surface area (Å²) in [6, 6.07) is 4.95. The molecule has 0 aliphatic heterocycles. The maximum Gasteiger partial charge on any atom is 0.220 e. The average molecular weight is 300 g/mol. The van der Waals surface area contributed by atoms with Gasteiger partial charge in [0, 0.05) is 18.6 Å². The minimum absolute atomic E-state index is 0.0674. The molecule has 4 N–H and O–H groups in total. The van der Waals surface area contributed by atoms with Crippen molar-refractivity contribution in [2.24, 2.45) is 0 Å². The van der Waals surface area contributed by atoms with Crippen molar-refractivity contribution >= 4 is 23.1 Å². The van der Waals surface area contributed by atoms with Crippen LogP contribution in [0.15, 0.2) is 29.8 Å². The Balaban J connectivity index is 2.08. The first kappa shape index (κ1) is 13.3. The van der Waals surface area contributed by atoms with E-state index in [1.54, 1.807) is 31.4 Å². The van der Waals surface area contributed by atoms with E-state index in [0.29, 0.717) is 22.1 Å². The Hall–Kier alpha value is -2.74. The second-order valence-electron chi connectivity index (χ2n) is 4.15. The van der Waals surface area contributed by atoms with Gasteiger partial charge in [0.15, 0.2) is 0 Å². The summed E-state index contributed by atoms with van der Waals surface area (Å²) >= 11 is 1.39. The minimum atomic E-state index is 0.0674. The van der Waals surface area contributed by atoms with E-state index in [1.165, 1.54) is 11.3 Å². The summed E-state index contributed by atoms with van der Waals surface area (Å²) in [7, 11) is 1.78. The first-order valence-electron chi connectivity index (χ1n) is 6.10. The van der Waals surface area contributed by atoms with E-state index >= 15 is 0 Å². The number of nitrogens with one attached hydrogen (secondary N) is 1. The summed E-state index contributed by atoms with van der Waals surface area (Å²) in [5.41, 5.74) is 7.18. The number of aromatic hydroxyl groups is 1. The van der Waals surface area contributed by atoms with Gasteiger partial charge in [-0.15, -0.1) is 11.3 Å². The SMILES string of the molecule is CNc1csc(-c2nc(-c3ccnc(N)n3)ccc2O)n1. The van der Waals surface area contributed by atoms with E-state index in [9.17, 15) is 5.11 Å². The number of nitrogens with zero attached hydrogens (tertiary/aromatic N) is 4.